The number of hydrogen-bond donors (Lipinski definition) is 2. The number of carbonyl (C=O) groups is 1. The lowest BCUT2D eigenvalue weighted by molar-refractivity contribution is 0.0939. The van der Waals surface area contributed by atoms with Crippen LogP contribution in [0.15, 0.2) is 71.8 Å². The molecule has 0 aliphatic rings. The third-order valence-corrected chi connectivity index (χ3v) is 6.47. The maximum atomic E-state index is 14.1. The van der Waals surface area contributed by atoms with Crippen molar-refractivity contribution in [2.24, 2.45) is 14.1 Å². The summed E-state index contributed by atoms with van der Waals surface area (Å²) >= 11 is 6.15. The second-order valence-corrected chi connectivity index (χ2v) is 9.20. The van der Waals surface area contributed by atoms with E-state index in [0.29, 0.717) is 27.7 Å². The summed E-state index contributed by atoms with van der Waals surface area (Å²) in [5.74, 6) is 5.87. The lowest BCUT2D eigenvalue weighted by Crippen LogP contribution is -2.32. The highest BCUT2D eigenvalue weighted by atomic mass is 35.5. The van der Waals surface area contributed by atoms with E-state index in [-0.39, 0.29) is 22.1 Å². The van der Waals surface area contributed by atoms with Crippen LogP contribution < -0.4 is 16.6 Å². The number of anilines is 1. The van der Waals surface area contributed by atoms with Crippen LogP contribution in [0.5, 0.6) is 0 Å². The van der Waals surface area contributed by atoms with E-state index in [1.807, 2.05) is 67.8 Å². The van der Waals surface area contributed by atoms with Gasteiger partial charge in [0.15, 0.2) is 5.15 Å². The highest BCUT2D eigenvalue weighted by molar-refractivity contribution is 6.33. The number of nitrogens with one attached hydrogen (secondary N) is 1. The molecule has 3 N–H and O–H groups in total. The van der Waals surface area contributed by atoms with E-state index in [2.05, 4.69) is 27.4 Å². The van der Waals surface area contributed by atoms with Crippen molar-refractivity contribution in [3.63, 3.8) is 0 Å². The molecule has 3 heterocycles. The molecular weight excluding hydrogens is 502 g/mol. The number of rotatable bonds is 4. The van der Waals surface area contributed by atoms with Gasteiger partial charge in [-0.3, -0.25) is 23.5 Å². The van der Waals surface area contributed by atoms with E-state index in [1.165, 1.54) is 4.68 Å². The molecule has 10 heteroatoms. The highest BCUT2D eigenvalue weighted by Gasteiger charge is 2.24. The minimum atomic E-state index is -0.583. The Hall–Kier alpha value is -4.81. The number of carbonyl (C=O) groups excluding carboxylic acids is 1. The zero-order valence-corrected chi connectivity index (χ0v) is 21.7. The van der Waals surface area contributed by atoms with Gasteiger partial charge in [0.25, 0.3) is 11.5 Å². The normalized spacial score (nSPS) is 11.7. The molecule has 0 spiro atoms. The highest BCUT2D eigenvalue weighted by Crippen LogP contribution is 2.25. The van der Waals surface area contributed by atoms with E-state index in [1.54, 1.807) is 29.4 Å². The Bertz CT molecular complexity index is 1810. The summed E-state index contributed by atoms with van der Waals surface area (Å²) in [5, 5.41) is 12.3. The van der Waals surface area contributed by atoms with Crippen molar-refractivity contribution < 1.29 is 4.79 Å². The number of aromatic nitrogens is 5. The fourth-order valence-electron chi connectivity index (χ4n) is 4.33. The number of benzene rings is 2. The molecule has 1 atom stereocenters. The van der Waals surface area contributed by atoms with Crippen LogP contribution in [-0.4, -0.2) is 30.0 Å². The largest absolute Gasteiger partial charge is 0.383 e. The molecule has 190 valence electrons. The monoisotopic (exact) mass is 525 g/mol. The average Bonchev–Trinajstić information content (AvgIpc) is 3.43. The number of para-hydroxylation sites is 1. The minimum absolute atomic E-state index is 0.00509. The minimum Gasteiger partial charge on any atom is -0.383 e. The van der Waals surface area contributed by atoms with Gasteiger partial charge in [0.05, 0.1) is 23.2 Å². The van der Waals surface area contributed by atoms with E-state index in [0.717, 1.165) is 5.56 Å². The van der Waals surface area contributed by atoms with Crippen LogP contribution in [0.4, 0.5) is 5.82 Å². The second kappa shape index (κ2) is 9.92. The van der Waals surface area contributed by atoms with Gasteiger partial charge in [0.1, 0.15) is 11.4 Å². The van der Waals surface area contributed by atoms with Crippen molar-refractivity contribution in [2.75, 3.05) is 5.73 Å². The fraction of sp³-hybridized carbons (Fsp3) is 0.143. The molecule has 0 radical (unpaired) electrons. The molecule has 2 aromatic carbocycles. The summed E-state index contributed by atoms with van der Waals surface area (Å²) < 4.78 is 4.60. The van der Waals surface area contributed by atoms with Gasteiger partial charge in [-0.15, -0.1) is 0 Å². The van der Waals surface area contributed by atoms with Crippen LogP contribution in [0.2, 0.25) is 5.15 Å². The Balaban J connectivity index is 1.65. The molecule has 38 heavy (non-hydrogen) atoms. The Kier molecular flexibility index (Phi) is 6.49. The summed E-state index contributed by atoms with van der Waals surface area (Å²) in [5.41, 5.74) is 8.42. The summed E-state index contributed by atoms with van der Waals surface area (Å²) in [7, 11) is 3.42. The van der Waals surface area contributed by atoms with Crippen molar-refractivity contribution in [3.8, 4) is 17.5 Å². The molecule has 0 saturated carbocycles. The predicted octanol–water partition coefficient (Wildman–Crippen LogP) is 3.58. The third kappa shape index (κ3) is 4.53. The molecule has 0 aliphatic carbocycles. The molecule has 5 rings (SSSR count). The molecule has 0 unspecified atom stereocenters. The molecule has 5 aromatic rings. The van der Waals surface area contributed by atoms with Gasteiger partial charge < -0.3 is 11.1 Å². The van der Waals surface area contributed by atoms with Crippen molar-refractivity contribution in [2.45, 2.75) is 13.0 Å². The van der Waals surface area contributed by atoms with Crippen LogP contribution >= 0.6 is 11.6 Å². The van der Waals surface area contributed by atoms with Crippen LogP contribution in [0.3, 0.4) is 0 Å². The maximum absolute atomic E-state index is 14.1. The van der Waals surface area contributed by atoms with Crippen LogP contribution in [-0.2, 0) is 14.1 Å². The topological polar surface area (TPSA) is 113 Å². The average molecular weight is 526 g/mol. The van der Waals surface area contributed by atoms with Gasteiger partial charge in [-0.05, 0) is 36.6 Å². The quantitative estimate of drug-likeness (QED) is 0.348. The van der Waals surface area contributed by atoms with Crippen molar-refractivity contribution >= 4 is 34.1 Å². The van der Waals surface area contributed by atoms with Crippen molar-refractivity contribution in [1.82, 2.24) is 29.4 Å². The Labute approximate surface area is 223 Å². The third-order valence-electron chi connectivity index (χ3n) is 6.20. The molecule has 9 nitrogen and oxygen atoms in total. The Morgan fingerprint density at radius 1 is 1.11 bits per heavy atom. The van der Waals surface area contributed by atoms with Crippen LogP contribution in [0.1, 0.15) is 40.1 Å². The summed E-state index contributed by atoms with van der Waals surface area (Å²) in [6, 6.07) is 16.1. The first kappa shape index (κ1) is 24.9. The van der Waals surface area contributed by atoms with Gasteiger partial charge >= 0.3 is 0 Å². The van der Waals surface area contributed by atoms with E-state index < -0.39 is 11.9 Å². The number of pyridine rings is 1. The van der Waals surface area contributed by atoms with Crippen LogP contribution in [0.25, 0.3) is 16.5 Å². The number of nitrogens with zero attached hydrogens (tertiary/aromatic N) is 5. The first-order valence-electron chi connectivity index (χ1n) is 11.8. The lowest BCUT2D eigenvalue weighted by atomic mass is 10.0. The molecule has 0 bridgehead atoms. The van der Waals surface area contributed by atoms with E-state index in [9.17, 15) is 9.59 Å². The SMILES string of the molecule is C[C@H](NC(=O)c1c(Cl)nn(C)c1N)c1cc2cccc(C#Cc3cnn(C)c3)c2c(=O)n1-c1ccccc1. The van der Waals surface area contributed by atoms with Gasteiger partial charge in [0.2, 0.25) is 0 Å². The van der Waals surface area contributed by atoms with Gasteiger partial charge in [-0.1, -0.05) is 53.8 Å². The number of aryl methyl sites for hydroxylation is 2. The standard InChI is InChI=1S/C28H24ClN7O2/c1-17(32-27(37)24-25(29)33-35(3)26(24)30)22-14-20-9-7-8-19(13-12-18-15-31-34(2)16-18)23(20)28(38)36(22)21-10-5-4-6-11-21/h4-11,14-17H,30H2,1-3H3,(H,32,37)/t17-/m0/s1. The Morgan fingerprint density at radius 3 is 2.53 bits per heavy atom. The summed E-state index contributed by atoms with van der Waals surface area (Å²) in [6.07, 6.45) is 3.48. The molecule has 0 fully saturated rings. The zero-order chi connectivity index (χ0) is 27.0. The second-order valence-electron chi connectivity index (χ2n) is 8.84. The van der Waals surface area contributed by atoms with Gasteiger partial charge in [-0.25, -0.2) is 0 Å². The summed E-state index contributed by atoms with van der Waals surface area (Å²) in [6.45, 7) is 1.80. The molecule has 3 aromatic heterocycles. The number of halogens is 1. The van der Waals surface area contributed by atoms with Crippen molar-refractivity contribution in [3.05, 3.63) is 105 Å². The van der Waals surface area contributed by atoms with Crippen molar-refractivity contribution in [1.29, 1.82) is 0 Å². The first-order valence-corrected chi connectivity index (χ1v) is 12.2. The number of hydrogen-bond acceptors (Lipinski definition) is 5. The van der Waals surface area contributed by atoms with E-state index in [4.69, 9.17) is 17.3 Å². The molecular formula is C28H24ClN7O2. The molecule has 0 aliphatic heterocycles. The number of fused-ring (bicyclic) bond motifs is 1. The number of amides is 1. The predicted molar refractivity (Wildman–Crippen MR) is 147 cm³/mol. The van der Waals surface area contributed by atoms with Gasteiger partial charge in [0, 0.05) is 37.2 Å². The van der Waals surface area contributed by atoms with Crippen LogP contribution in [0, 0.1) is 11.8 Å². The number of nitrogens with two attached hydrogens (primary N) is 1. The summed E-state index contributed by atoms with van der Waals surface area (Å²) in [4.78, 5) is 27.2. The Morgan fingerprint density at radius 2 is 1.87 bits per heavy atom. The van der Waals surface area contributed by atoms with E-state index >= 15 is 0 Å². The number of nitrogen functional groups attached to an aromatic ring is 1. The smallest absolute Gasteiger partial charge is 0.264 e. The fourth-order valence-corrected chi connectivity index (χ4v) is 4.63. The maximum Gasteiger partial charge on any atom is 0.264 e. The molecule has 1 amide bonds. The molecule has 0 saturated heterocycles. The zero-order valence-electron chi connectivity index (χ0n) is 20.9. The first-order chi connectivity index (χ1) is 18.2. The lowest BCUT2D eigenvalue weighted by Gasteiger charge is -2.21. The van der Waals surface area contributed by atoms with Gasteiger partial charge in [-0.2, -0.15) is 10.2 Å².